The Morgan fingerprint density at radius 1 is 1.41 bits per heavy atom. The molecular formula is C20H28N4O3. The number of nitrogens with zero attached hydrogens (tertiary/aromatic N) is 3. The van der Waals surface area contributed by atoms with Crippen molar-refractivity contribution >= 4 is 11.8 Å². The Balaban J connectivity index is 1.48. The fraction of sp³-hybridized carbons (Fsp3) is 0.550. The maximum atomic E-state index is 12.6. The van der Waals surface area contributed by atoms with Crippen LogP contribution in [-0.4, -0.2) is 46.1 Å². The third-order valence-corrected chi connectivity index (χ3v) is 5.06. The molecule has 0 spiro atoms. The summed E-state index contributed by atoms with van der Waals surface area (Å²) >= 11 is 0. The van der Waals surface area contributed by atoms with Crippen LogP contribution in [0.25, 0.3) is 0 Å². The van der Waals surface area contributed by atoms with Crippen molar-refractivity contribution in [2.75, 3.05) is 19.6 Å². The van der Waals surface area contributed by atoms with Crippen LogP contribution in [0.4, 0.5) is 0 Å². The van der Waals surface area contributed by atoms with Crippen LogP contribution in [-0.2, 0) is 11.3 Å². The summed E-state index contributed by atoms with van der Waals surface area (Å²) in [5, 5.41) is 7.53. The van der Waals surface area contributed by atoms with E-state index in [2.05, 4.69) is 23.4 Å². The van der Waals surface area contributed by atoms with E-state index in [1.54, 1.807) is 11.0 Å². The van der Waals surface area contributed by atoms with E-state index in [0.29, 0.717) is 25.2 Å². The van der Waals surface area contributed by atoms with Crippen molar-refractivity contribution in [1.29, 1.82) is 0 Å². The summed E-state index contributed by atoms with van der Waals surface area (Å²) in [5.74, 6) is 0.0775. The van der Waals surface area contributed by atoms with Gasteiger partial charge < -0.3 is 14.6 Å². The Morgan fingerprint density at radius 2 is 2.22 bits per heavy atom. The molecule has 3 heterocycles. The molecule has 2 amide bonds. The molecular weight excluding hydrogens is 344 g/mol. The van der Waals surface area contributed by atoms with Crippen molar-refractivity contribution in [1.82, 2.24) is 20.0 Å². The maximum Gasteiger partial charge on any atom is 0.257 e. The molecule has 27 heavy (non-hydrogen) atoms. The molecule has 1 N–H and O–H groups in total. The topological polar surface area (TPSA) is 80.4 Å². The molecule has 7 heteroatoms. The van der Waals surface area contributed by atoms with Crippen LogP contribution in [0.5, 0.6) is 0 Å². The number of carbonyl (C=O) groups is 2. The second-order valence-corrected chi connectivity index (χ2v) is 7.56. The Morgan fingerprint density at radius 3 is 2.89 bits per heavy atom. The number of nitrogens with one attached hydrogen (secondary N) is 1. The van der Waals surface area contributed by atoms with Crippen LogP contribution in [0.2, 0.25) is 0 Å². The normalized spacial score (nSPS) is 18.3. The molecule has 2 aromatic heterocycles. The van der Waals surface area contributed by atoms with Crippen LogP contribution in [0, 0.1) is 25.7 Å². The summed E-state index contributed by atoms with van der Waals surface area (Å²) in [5.41, 5.74) is 2.68. The third kappa shape index (κ3) is 4.78. The van der Waals surface area contributed by atoms with E-state index in [0.717, 1.165) is 30.8 Å². The predicted molar refractivity (Wildman–Crippen MR) is 101 cm³/mol. The monoisotopic (exact) mass is 372 g/mol. The van der Waals surface area contributed by atoms with Gasteiger partial charge in [0.25, 0.3) is 5.91 Å². The fourth-order valence-corrected chi connectivity index (χ4v) is 3.58. The van der Waals surface area contributed by atoms with Crippen molar-refractivity contribution in [2.45, 2.75) is 40.2 Å². The van der Waals surface area contributed by atoms with Crippen LogP contribution >= 0.6 is 0 Å². The molecule has 0 bridgehead atoms. The molecule has 1 saturated heterocycles. The first-order valence-electron chi connectivity index (χ1n) is 9.54. The van der Waals surface area contributed by atoms with Crippen molar-refractivity contribution in [3.05, 3.63) is 41.6 Å². The molecule has 1 aliphatic rings. The quantitative estimate of drug-likeness (QED) is 0.844. The highest BCUT2D eigenvalue weighted by atomic mass is 16.3. The lowest BCUT2D eigenvalue weighted by Gasteiger charge is -2.32. The summed E-state index contributed by atoms with van der Waals surface area (Å²) in [7, 11) is 0. The number of aryl methyl sites for hydroxylation is 2. The van der Waals surface area contributed by atoms with Crippen molar-refractivity contribution < 1.29 is 14.0 Å². The lowest BCUT2D eigenvalue weighted by atomic mass is 9.96. The van der Waals surface area contributed by atoms with Gasteiger partial charge >= 0.3 is 0 Å². The number of aromatic nitrogens is 2. The average Bonchev–Trinajstić information content (AvgIpc) is 3.29. The highest BCUT2D eigenvalue weighted by Gasteiger charge is 2.29. The molecule has 0 unspecified atom stereocenters. The number of hydrogen-bond donors (Lipinski definition) is 1. The van der Waals surface area contributed by atoms with Crippen LogP contribution in [0.1, 0.15) is 41.5 Å². The number of piperidine rings is 1. The number of rotatable bonds is 6. The minimum atomic E-state index is -0.157. The Hall–Kier alpha value is -2.57. The molecule has 0 radical (unpaired) electrons. The van der Waals surface area contributed by atoms with E-state index in [4.69, 9.17) is 4.42 Å². The Bertz CT molecular complexity index is 781. The van der Waals surface area contributed by atoms with Crippen molar-refractivity contribution in [3.8, 4) is 0 Å². The average molecular weight is 372 g/mol. The highest BCUT2D eigenvalue weighted by Crippen LogP contribution is 2.19. The Kier molecular flexibility index (Phi) is 5.98. The van der Waals surface area contributed by atoms with Gasteiger partial charge in [-0.25, -0.2) is 0 Å². The molecule has 3 rings (SSSR count). The summed E-state index contributed by atoms with van der Waals surface area (Å²) in [6.07, 6.45) is 4.59. The zero-order chi connectivity index (χ0) is 19.4. The zero-order valence-corrected chi connectivity index (χ0v) is 16.3. The predicted octanol–water partition coefficient (Wildman–Crippen LogP) is 2.40. The summed E-state index contributed by atoms with van der Waals surface area (Å²) in [4.78, 5) is 26.8. The number of likely N-dealkylation sites (tertiary alicyclic amines) is 1. The van der Waals surface area contributed by atoms with Gasteiger partial charge in [-0.1, -0.05) is 6.92 Å². The first-order chi connectivity index (χ1) is 12.9. The van der Waals surface area contributed by atoms with Gasteiger partial charge in [-0.05, 0) is 44.7 Å². The minimum Gasteiger partial charge on any atom is -0.472 e. The van der Waals surface area contributed by atoms with E-state index < -0.39 is 0 Å². The molecule has 1 aliphatic heterocycles. The second kappa shape index (κ2) is 8.41. The summed E-state index contributed by atoms with van der Waals surface area (Å²) in [6, 6.07) is 3.71. The first kappa shape index (κ1) is 19.2. The van der Waals surface area contributed by atoms with Gasteiger partial charge in [0.15, 0.2) is 0 Å². The summed E-state index contributed by atoms with van der Waals surface area (Å²) < 4.78 is 6.97. The number of furan rings is 1. The zero-order valence-electron chi connectivity index (χ0n) is 16.3. The van der Waals surface area contributed by atoms with E-state index in [-0.39, 0.29) is 23.7 Å². The van der Waals surface area contributed by atoms with Crippen LogP contribution < -0.4 is 5.32 Å². The fourth-order valence-electron chi connectivity index (χ4n) is 3.58. The second-order valence-electron chi connectivity index (χ2n) is 7.56. The SMILES string of the molecule is Cc1cc(C)n(C[C@@H](C)CNC(=O)[C@@H]2CCCN(C(=O)c3ccoc3)C2)n1. The van der Waals surface area contributed by atoms with E-state index in [1.807, 2.05) is 18.5 Å². The minimum absolute atomic E-state index is 0.0277. The molecule has 0 saturated carbocycles. The standard InChI is InChI=1S/C20H28N4O3/c1-14(11-24-16(3)9-15(2)22-24)10-21-19(25)17-5-4-7-23(12-17)20(26)18-6-8-27-13-18/h6,8-9,13-14,17H,4-5,7,10-12H2,1-3H3,(H,21,25)/t14-,17+/m0/s1. The Labute approximate surface area is 159 Å². The van der Waals surface area contributed by atoms with Crippen molar-refractivity contribution in [3.63, 3.8) is 0 Å². The number of amides is 2. The molecule has 0 aliphatic carbocycles. The molecule has 0 aromatic carbocycles. The molecule has 2 aromatic rings. The molecule has 2 atom stereocenters. The lowest BCUT2D eigenvalue weighted by Crippen LogP contribution is -2.46. The third-order valence-electron chi connectivity index (χ3n) is 5.06. The van der Waals surface area contributed by atoms with Crippen LogP contribution in [0.15, 0.2) is 29.1 Å². The van der Waals surface area contributed by atoms with Gasteiger partial charge in [0, 0.05) is 31.9 Å². The number of carbonyl (C=O) groups excluding carboxylic acids is 2. The van der Waals surface area contributed by atoms with Gasteiger partial charge in [-0.3, -0.25) is 14.3 Å². The van der Waals surface area contributed by atoms with Crippen LogP contribution in [0.3, 0.4) is 0 Å². The van der Waals surface area contributed by atoms with Gasteiger partial charge in [-0.15, -0.1) is 0 Å². The summed E-state index contributed by atoms with van der Waals surface area (Å²) in [6.45, 7) is 8.64. The smallest absolute Gasteiger partial charge is 0.257 e. The lowest BCUT2D eigenvalue weighted by molar-refractivity contribution is -0.126. The number of hydrogen-bond acceptors (Lipinski definition) is 4. The maximum absolute atomic E-state index is 12.6. The molecule has 146 valence electrons. The molecule has 7 nitrogen and oxygen atoms in total. The highest BCUT2D eigenvalue weighted by molar-refractivity contribution is 5.94. The molecule has 1 fully saturated rings. The largest absolute Gasteiger partial charge is 0.472 e. The van der Waals surface area contributed by atoms with E-state index in [1.165, 1.54) is 12.5 Å². The first-order valence-corrected chi connectivity index (χ1v) is 9.54. The van der Waals surface area contributed by atoms with Gasteiger partial charge in [-0.2, -0.15) is 5.10 Å². The van der Waals surface area contributed by atoms with Crippen molar-refractivity contribution in [2.24, 2.45) is 11.8 Å². The van der Waals surface area contributed by atoms with E-state index in [9.17, 15) is 9.59 Å². The van der Waals surface area contributed by atoms with Gasteiger partial charge in [0.1, 0.15) is 6.26 Å². The van der Waals surface area contributed by atoms with Gasteiger partial charge in [0.2, 0.25) is 5.91 Å². The van der Waals surface area contributed by atoms with Gasteiger partial charge in [0.05, 0.1) is 23.4 Å². The van der Waals surface area contributed by atoms with E-state index >= 15 is 0 Å².